The molecular weight excluding hydrogens is 242 g/mol. The van der Waals surface area contributed by atoms with Crippen LogP contribution < -0.4 is 4.90 Å². The molecule has 0 N–H and O–H groups in total. The number of aromatic nitrogens is 1. The van der Waals surface area contributed by atoms with Gasteiger partial charge in [-0.25, -0.2) is 4.98 Å². The summed E-state index contributed by atoms with van der Waals surface area (Å²) in [5, 5.41) is 0. The van der Waals surface area contributed by atoms with E-state index in [4.69, 9.17) is 4.74 Å². The first-order valence-corrected chi connectivity index (χ1v) is 6.93. The molecule has 0 saturated carbocycles. The van der Waals surface area contributed by atoms with E-state index < -0.39 is 0 Å². The number of ether oxygens (including phenoxy) is 1. The molecule has 0 radical (unpaired) electrons. The van der Waals surface area contributed by atoms with Crippen LogP contribution in [0.3, 0.4) is 0 Å². The minimum Gasteiger partial charge on any atom is -0.378 e. The lowest BCUT2D eigenvalue weighted by Crippen LogP contribution is -2.41. The quantitative estimate of drug-likeness (QED) is 0.801. The van der Waals surface area contributed by atoms with Gasteiger partial charge in [0.1, 0.15) is 5.82 Å². The zero-order chi connectivity index (χ0) is 13.1. The van der Waals surface area contributed by atoms with E-state index in [0.29, 0.717) is 26.3 Å². The Bertz CT molecular complexity index is 452. The molecule has 0 unspecified atom stereocenters. The van der Waals surface area contributed by atoms with E-state index in [2.05, 4.69) is 9.88 Å². The van der Waals surface area contributed by atoms with Gasteiger partial charge in [0.2, 0.25) is 0 Å². The molecule has 0 bridgehead atoms. The average molecular weight is 261 g/mol. The van der Waals surface area contributed by atoms with Crippen LogP contribution in [0.15, 0.2) is 18.3 Å². The number of nitrogens with zero attached hydrogens (tertiary/aromatic N) is 3. The Morgan fingerprint density at radius 3 is 2.63 bits per heavy atom. The lowest BCUT2D eigenvalue weighted by Gasteiger charge is -2.28. The highest BCUT2D eigenvalue weighted by atomic mass is 16.5. The normalized spacial score (nSPS) is 19.8. The van der Waals surface area contributed by atoms with Gasteiger partial charge < -0.3 is 14.5 Å². The third-order valence-electron chi connectivity index (χ3n) is 3.72. The molecule has 19 heavy (non-hydrogen) atoms. The van der Waals surface area contributed by atoms with Crippen LogP contribution in [-0.4, -0.2) is 55.2 Å². The molecule has 0 aromatic carbocycles. The Hall–Kier alpha value is -1.62. The van der Waals surface area contributed by atoms with Crippen LogP contribution in [0.2, 0.25) is 0 Å². The number of morpholine rings is 1. The highest BCUT2D eigenvalue weighted by Gasteiger charge is 2.25. The smallest absolute Gasteiger partial charge is 0.257 e. The van der Waals surface area contributed by atoms with E-state index in [1.807, 2.05) is 17.0 Å². The predicted molar refractivity (Wildman–Crippen MR) is 72.4 cm³/mol. The van der Waals surface area contributed by atoms with Crippen LogP contribution in [0.1, 0.15) is 23.2 Å². The molecular formula is C14H19N3O2. The van der Waals surface area contributed by atoms with Crippen molar-refractivity contribution < 1.29 is 9.53 Å². The Morgan fingerprint density at radius 1 is 1.16 bits per heavy atom. The van der Waals surface area contributed by atoms with E-state index in [1.54, 1.807) is 6.20 Å². The summed E-state index contributed by atoms with van der Waals surface area (Å²) >= 11 is 0. The minimum absolute atomic E-state index is 0.0818. The summed E-state index contributed by atoms with van der Waals surface area (Å²) in [5.74, 6) is 0.926. The second kappa shape index (κ2) is 5.57. The molecule has 102 valence electrons. The molecule has 2 aliphatic rings. The van der Waals surface area contributed by atoms with Gasteiger partial charge in [-0.3, -0.25) is 4.79 Å². The third-order valence-corrected chi connectivity index (χ3v) is 3.72. The van der Waals surface area contributed by atoms with Crippen LogP contribution in [0.25, 0.3) is 0 Å². The second-order valence-electron chi connectivity index (χ2n) is 4.97. The predicted octanol–water partition coefficient (Wildman–Crippen LogP) is 1.15. The molecule has 1 aromatic rings. The lowest BCUT2D eigenvalue weighted by atomic mass is 10.2. The summed E-state index contributed by atoms with van der Waals surface area (Å²) < 4.78 is 5.30. The van der Waals surface area contributed by atoms with Crippen LogP contribution in [0, 0.1) is 0 Å². The number of carbonyl (C=O) groups excluding carboxylic acids is 1. The van der Waals surface area contributed by atoms with Crippen LogP contribution in [0.4, 0.5) is 5.82 Å². The van der Waals surface area contributed by atoms with Crippen molar-refractivity contribution in [3.8, 4) is 0 Å². The van der Waals surface area contributed by atoms with Crippen molar-refractivity contribution in [3.05, 3.63) is 23.9 Å². The number of carbonyl (C=O) groups is 1. The number of anilines is 1. The van der Waals surface area contributed by atoms with Gasteiger partial charge in [0, 0.05) is 32.4 Å². The molecule has 3 rings (SSSR count). The summed E-state index contributed by atoms with van der Waals surface area (Å²) in [6.07, 6.45) is 4.13. The van der Waals surface area contributed by atoms with E-state index in [-0.39, 0.29) is 5.91 Å². The maximum atomic E-state index is 12.6. The van der Waals surface area contributed by atoms with Crippen LogP contribution >= 0.6 is 0 Å². The maximum absolute atomic E-state index is 12.6. The third kappa shape index (κ3) is 2.56. The SMILES string of the molecule is O=C(c1cccnc1N1CCCC1)N1CCOCC1. The largest absolute Gasteiger partial charge is 0.378 e. The van der Waals surface area contributed by atoms with Crippen molar-refractivity contribution >= 4 is 11.7 Å². The summed E-state index contributed by atoms with van der Waals surface area (Å²) in [7, 11) is 0. The fraction of sp³-hybridized carbons (Fsp3) is 0.571. The van der Waals surface area contributed by atoms with Crippen molar-refractivity contribution in [1.82, 2.24) is 9.88 Å². The van der Waals surface area contributed by atoms with E-state index >= 15 is 0 Å². The molecule has 5 heteroatoms. The minimum atomic E-state index is 0.0818. The van der Waals surface area contributed by atoms with E-state index in [1.165, 1.54) is 12.8 Å². The number of hydrogen-bond donors (Lipinski definition) is 0. The number of rotatable bonds is 2. The number of amides is 1. The molecule has 2 saturated heterocycles. The van der Waals surface area contributed by atoms with E-state index in [9.17, 15) is 4.79 Å². The molecule has 3 heterocycles. The number of pyridine rings is 1. The lowest BCUT2D eigenvalue weighted by molar-refractivity contribution is 0.0303. The summed E-state index contributed by atoms with van der Waals surface area (Å²) in [6.45, 7) is 4.61. The van der Waals surface area contributed by atoms with Crippen LogP contribution in [-0.2, 0) is 4.74 Å². The van der Waals surface area contributed by atoms with Crippen molar-refractivity contribution in [2.24, 2.45) is 0 Å². The van der Waals surface area contributed by atoms with Gasteiger partial charge in [-0.05, 0) is 25.0 Å². The standard InChI is InChI=1S/C14H19N3O2/c18-14(17-8-10-19-11-9-17)12-4-3-5-15-13(12)16-6-1-2-7-16/h3-5H,1-2,6-11H2. The Balaban J connectivity index is 1.84. The molecule has 2 aliphatic heterocycles. The van der Waals surface area contributed by atoms with Crippen molar-refractivity contribution in [2.45, 2.75) is 12.8 Å². The summed E-state index contributed by atoms with van der Waals surface area (Å²) in [6, 6.07) is 3.73. The zero-order valence-electron chi connectivity index (χ0n) is 11.0. The first-order valence-electron chi connectivity index (χ1n) is 6.93. The maximum Gasteiger partial charge on any atom is 0.257 e. The van der Waals surface area contributed by atoms with Gasteiger partial charge in [-0.2, -0.15) is 0 Å². The Morgan fingerprint density at radius 2 is 1.89 bits per heavy atom. The first kappa shape index (κ1) is 12.4. The molecule has 2 fully saturated rings. The average Bonchev–Trinajstić information content (AvgIpc) is 3.01. The first-order chi connectivity index (χ1) is 9.36. The van der Waals surface area contributed by atoms with Gasteiger partial charge >= 0.3 is 0 Å². The fourth-order valence-corrected chi connectivity index (χ4v) is 2.68. The highest BCUT2D eigenvalue weighted by Crippen LogP contribution is 2.23. The molecule has 0 atom stereocenters. The van der Waals surface area contributed by atoms with Gasteiger partial charge in [0.15, 0.2) is 0 Å². The molecule has 0 aliphatic carbocycles. The Labute approximate surface area is 113 Å². The molecule has 0 spiro atoms. The summed E-state index contributed by atoms with van der Waals surface area (Å²) in [4.78, 5) is 21.1. The molecule has 1 amide bonds. The van der Waals surface area contributed by atoms with Crippen molar-refractivity contribution in [1.29, 1.82) is 0 Å². The number of hydrogen-bond acceptors (Lipinski definition) is 4. The molecule has 5 nitrogen and oxygen atoms in total. The van der Waals surface area contributed by atoms with Gasteiger partial charge in [-0.15, -0.1) is 0 Å². The highest BCUT2D eigenvalue weighted by molar-refractivity contribution is 5.99. The fourth-order valence-electron chi connectivity index (χ4n) is 2.68. The van der Waals surface area contributed by atoms with Gasteiger partial charge in [-0.1, -0.05) is 0 Å². The van der Waals surface area contributed by atoms with Gasteiger partial charge in [0.05, 0.1) is 18.8 Å². The monoisotopic (exact) mass is 261 g/mol. The van der Waals surface area contributed by atoms with Crippen LogP contribution in [0.5, 0.6) is 0 Å². The zero-order valence-corrected chi connectivity index (χ0v) is 11.0. The Kier molecular flexibility index (Phi) is 3.64. The molecule has 1 aromatic heterocycles. The van der Waals surface area contributed by atoms with Crippen molar-refractivity contribution in [3.63, 3.8) is 0 Å². The summed E-state index contributed by atoms with van der Waals surface area (Å²) in [5.41, 5.74) is 0.728. The van der Waals surface area contributed by atoms with Gasteiger partial charge in [0.25, 0.3) is 5.91 Å². The second-order valence-corrected chi connectivity index (χ2v) is 4.97. The van der Waals surface area contributed by atoms with E-state index in [0.717, 1.165) is 24.5 Å². The topological polar surface area (TPSA) is 45.7 Å². The van der Waals surface area contributed by atoms with Crippen molar-refractivity contribution in [2.75, 3.05) is 44.3 Å².